The van der Waals surface area contributed by atoms with Gasteiger partial charge >= 0.3 is 0 Å². The molecule has 0 spiro atoms. The molecule has 1 nitrogen and oxygen atoms in total. The standard InChI is InChI=1S/C27H44O/c1-19(2)8-6-9-21(4)25-15-16-26-22(10-7-17-27(25,26)5)12-13-23-18-24(28)14-11-20(23)3/h12-13,19,21,24-26,28H,3,6-11,14-18H2,1-2,4-5H3/b22-12+,23-13+/t21-,24+,25?,26+,27-/m1/s1. The zero-order valence-corrected chi connectivity index (χ0v) is 19.0. The Bertz CT molecular complexity index is 610. The van der Waals surface area contributed by atoms with Crippen LogP contribution in [0.3, 0.4) is 0 Å². The molecule has 0 saturated heterocycles. The molecule has 158 valence electrons. The summed E-state index contributed by atoms with van der Waals surface area (Å²) in [6.07, 6.45) is 18.2. The third kappa shape index (κ3) is 4.84. The summed E-state index contributed by atoms with van der Waals surface area (Å²) < 4.78 is 0. The molecule has 3 rings (SSSR count). The average molecular weight is 385 g/mol. The zero-order valence-electron chi connectivity index (χ0n) is 19.0. The summed E-state index contributed by atoms with van der Waals surface area (Å²) in [5, 5.41) is 10.0. The van der Waals surface area contributed by atoms with Crippen LogP contribution in [0.15, 0.2) is 35.5 Å². The zero-order chi connectivity index (χ0) is 20.3. The Labute approximate surface area is 174 Å². The summed E-state index contributed by atoms with van der Waals surface area (Å²) in [5.74, 6) is 3.37. The number of hydrogen-bond acceptors (Lipinski definition) is 1. The monoisotopic (exact) mass is 384 g/mol. The fraction of sp³-hybridized carbons (Fsp3) is 0.778. The van der Waals surface area contributed by atoms with E-state index in [-0.39, 0.29) is 6.10 Å². The molecule has 0 amide bonds. The highest BCUT2D eigenvalue weighted by Crippen LogP contribution is 2.59. The molecule has 3 saturated carbocycles. The van der Waals surface area contributed by atoms with Gasteiger partial charge in [-0.1, -0.05) is 76.8 Å². The largest absolute Gasteiger partial charge is 0.393 e. The number of rotatable bonds is 6. The number of hydrogen-bond donors (Lipinski definition) is 1. The minimum atomic E-state index is -0.172. The van der Waals surface area contributed by atoms with E-state index in [1.807, 2.05) is 0 Å². The fourth-order valence-corrected chi connectivity index (χ4v) is 6.66. The second-order valence-electron chi connectivity index (χ2n) is 10.8. The molecule has 5 atom stereocenters. The van der Waals surface area contributed by atoms with Gasteiger partial charge in [0, 0.05) is 0 Å². The van der Waals surface area contributed by atoms with Crippen LogP contribution in [0.4, 0.5) is 0 Å². The molecule has 28 heavy (non-hydrogen) atoms. The van der Waals surface area contributed by atoms with Crippen LogP contribution in [-0.2, 0) is 0 Å². The van der Waals surface area contributed by atoms with Gasteiger partial charge in [-0.3, -0.25) is 0 Å². The predicted octanol–water partition coefficient (Wildman–Crippen LogP) is 7.62. The normalized spacial score (nSPS) is 37.6. The molecular formula is C27H44O. The van der Waals surface area contributed by atoms with Crippen molar-refractivity contribution in [2.24, 2.45) is 29.1 Å². The molecule has 3 aliphatic carbocycles. The predicted molar refractivity (Wildman–Crippen MR) is 121 cm³/mol. The first-order valence-electron chi connectivity index (χ1n) is 12.1. The quantitative estimate of drug-likeness (QED) is 0.499. The van der Waals surface area contributed by atoms with Crippen molar-refractivity contribution in [3.05, 3.63) is 35.5 Å². The van der Waals surface area contributed by atoms with E-state index in [2.05, 4.69) is 46.4 Å². The van der Waals surface area contributed by atoms with Gasteiger partial charge in [-0.15, -0.1) is 0 Å². The topological polar surface area (TPSA) is 20.2 Å². The molecule has 0 radical (unpaired) electrons. The summed E-state index contributed by atoms with van der Waals surface area (Å²) in [5.41, 5.74) is 4.72. The van der Waals surface area contributed by atoms with Gasteiger partial charge in [0.15, 0.2) is 0 Å². The lowest BCUT2D eigenvalue weighted by atomic mass is 9.60. The van der Waals surface area contributed by atoms with Crippen molar-refractivity contribution < 1.29 is 5.11 Å². The van der Waals surface area contributed by atoms with Crippen molar-refractivity contribution in [3.63, 3.8) is 0 Å². The maximum Gasteiger partial charge on any atom is 0.0583 e. The second-order valence-corrected chi connectivity index (χ2v) is 10.8. The average Bonchev–Trinajstić information content (AvgIpc) is 2.99. The van der Waals surface area contributed by atoms with E-state index in [1.54, 1.807) is 5.57 Å². The second kappa shape index (κ2) is 9.33. The maximum absolute atomic E-state index is 10.0. The van der Waals surface area contributed by atoms with E-state index >= 15 is 0 Å². The van der Waals surface area contributed by atoms with E-state index < -0.39 is 0 Å². The van der Waals surface area contributed by atoms with Crippen LogP contribution < -0.4 is 0 Å². The molecule has 0 aromatic heterocycles. The molecular weight excluding hydrogens is 340 g/mol. The fourth-order valence-electron chi connectivity index (χ4n) is 6.66. The molecule has 1 N–H and O–H groups in total. The number of aliphatic hydroxyl groups is 1. The minimum absolute atomic E-state index is 0.172. The van der Waals surface area contributed by atoms with E-state index in [1.165, 1.54) is 62.5 Å². The van der Waals surface area contributed by atoms with Crippen LogP contribution in [0.2, 0.25) is 0 Å². The Morgan fingerprint density at radius 2 is 1.89 bits per heavy atom. The van der Waals surface area contributed by atoms with E-state index in [4.69, 9.17) is 0 Å². The summed E-state index contributed by atoms with van der Waals surface area (Å²) in [6, 6.07) is 0. The van der Waals surface area contributed by atoms with Crippen LogP contribution in [0, 0.1) is 29.1 Å². The Morgan fingerprint density at radius 3 is 2.64 bits per heavy atom. The van der Waals surface area contributed by atoms with Crippen molar-refractivity contribution in [1.29, 1.82) is 0 Å². The van der Waals surface area contributed by atoms with E-state index in [0.29, 0.717) is 5.41 Å². The van der Waals surface area contributed by atoms with Crippen molar-refractivity contribution in [2.75, 3.05) is 0 Å². The molecule has 1 unspecified atom stereocenters. The Kier molecular flexibility index (Phi) is 7.29. The third-order valence-electron chi connectivity index (χ3n) is 8.35. The summed E-state index contributed by atoms with van der Waals surface area (Å²) in [4.78, 5) is 0. The Morgan fingerprint density at radius 1 is 1.11 bits per heavy atom. The Hall–Kier alpha value is -0.820. The number of fused-ring (bicyclic) bond motifs is 1. The van der Waals surface area contributed by atoms with Gasteiger partial charge in [-0.25, -0.2) is 0 Å². The summed E-state index contributed by atoms with van der Waals surface area (Å²) >= 11 is 0. The highest BCUT2D eigenvalue weighted by atomic mass is 16.3. The molecule has 0 heterocycles. The van der Waals surface area contributed by atoms with Gasteiger partial charge in [0.2, 0.25) is 0 Å². The molecule has 0 aliphatic heterocycles. The minimum Gasteiger partial charge on any atom is -0.393 e. The van der Waals surface area contributed by atoms with Gasteiger partial charge in [-0.2, -0.15) is 0 Å². The lowest BCUT2D eigenvalue weighted by Gasteiger charge is -2.44. The van der Waals surface area contributed by atoms with Crippen molar-refractivity contribution in [1.82, 2.24) is 0 Å². The lowest BCUT2D eigenvalue weighted by Crippen LogP contribution is -2.36. The van der Waals surface area contributed by atoms with Crippen LogP contribution >= 0.6 is 0 Å². The van der Waals surface area contributed by atoms with E-state index in [0.717, 1.165) is 42.9 Å². The van der Waals surface area contributed by atoms with Crippen LogP contribution in [-0.4, -0.2) is 11.2 Å². The van der Waals surface area contributed by atoms with Gasteiger partial charge in [0.05, 0.1) is 6.10 Å². The van der Waals surface area contributed by atoms with Gasteiger partial charge in [-0.05, 0) is 86.0 Å². The molecule has 0 aromatic rings. The van der Waals surface area contributed by atoms with Crippen molar-refractivity contribution in [2.45, 2.75) is 104 Å². The van der Waals surface area contributed by atoms with Crippen LogP contribution in [0.1, 0.15) is 98.3 Å². The van der Waals surface area contributed by atoms with Crippen LogP contribution in [0.25, 0.3) is 0 Å². The highest BCUT2D eigenvalue weighted by molar-refractivity contribution is 5.36. The third-order valence-corrected chi connectivity index (χ3v) is 8.35. The first-order chi connectivity index (χ1) is 13.3. The highest BCUT2D eigenvalue weighted by Gasteiger charge is 2.50. The molecule has 0 aromatic carbocycles. The van der Waals surface area contributed by atoms with E-state index in [9.17, 15) is 5.11 Å². The Balaban J connectivity index is 1.70. The van der Waals surface area contributed by atoms with Crippen molar-refractivity contribution >= 4 is 0 Å². The maximum atomic E-state index is 10.0. The summed E-state index contributed by atoms with van der Waals surface area (Å²) in [6.45, 7) is 14.1. The summed E-state index contributed by atoms with van der Waals surface area (Å²) in [7, 11) is 0. The molecule has 0 bridgehead atoms. The molecule has 1 heteroatoms. The van der Waals surface area contributed by atoms with Gasteiger partial charge < -0.3 is 5.11 Å². The first-order valence-corrected chi connectivity index (χ1v) is 12.1. The van der Waals surface area contributed by atoms with Gasteiger partial charge in [0.1, 0.15) is 0 Å². The SMILES string of the molecule is C=C1CC[C@H](O)C/C1=C\C=C1/CCC[C@]2(C)C([C@H](C)CCCC(C)C)CC[C@@H]12. The lowest BCUT2D eigenvalue weighted by molar-refractivity contribution is 0.0929. The van der Waals surface area contributed by atoms with Crippen LogP contribution in [0.5, 0.6) is 0 Å². The number of aliphatic hydroxyl groups excluding tert-OH is 1. The number of allylic oxidation sites excluding steroid dienone is 4. The first kappa shape index (κ1) is 21.9. The molecule has 3 fully saturated rings. The van der Waals surface area contributed by atoms with Crippen molar-refractivity contribution in [3.8, 4) is 0 Å². The smallest absolute Gasteiger partial charge is 0.0583 e. The van der Waals surface area contributed by atoms with Gasteiger partial charge in [0.25, 0.3) is 0 Å². The molecule has 3 aliphatic rings.